The zero-order valence-electron chi connectivity index (χ0n) is 7.60. The normalized spacial score (nSPS) is 15.2. The summed E-state index contributed by atoms with van der Waals surface area (Å²) in [5.74, 6) is -0.436. The lowest BCUT2D eigenvalue weighted by atomic mass is 10.2. The van der Waals surface area contributed by atoms with Crippen LogP contribution in [0.2, 0.25) is 0 Å². The van der Waals surface area contributed by atoms with Gasteiger partial charge in [-0.1, -0.05) is 0 Å². The predicted molar refractivity (Wildman–Crippen MR) is 49.6 cm³/mol. The maximum absolute atomic E-state index is 11.5. The van der Waals surface area contributed by atoms with E-state index in [1.807, 2.05) is 0 Å². The maximum Gasteiger partial charge on any atom is 0.268 e. The fourth-order valence-electron chi connectivity index (χ4n) is 1.60. The highest BCUT2D eigenvalue weighted by molar-refractivity contribution is 6.03. The van der Waals surface area contributed by atoms with E-state index < -0.39 is 0 Å². The molecule has 0 unspecified atom stereocenters. The van der Waals surface area contributed by atoms with E-state index in [1.165, 1.54) is 10.9 Å². The van der Waals surface area contributed by atoms with E-state index in [9.17, 15) is 9.59 Å². The highest BCUT2D eigenvalue weighted by Gasteiger charge is 2.24. The molecule has 0 radical (unpaired) electrons. The van der Waals surface area contributed by atoms with Crippen molar-refractivity contribution in [1.29, 1.82) is 0 Å². The monoisotopic (exact) mass is 202 g/mol. The summed E-state index contributed by atoms with van der Waals surface area (Å²) in [6, 6.07) is 1.56. The van der Waals surface area contributed by atoms with Gasteiger partial charge in [0.15, 0.2) is 0 Å². The van der Waals surface area contributed by atoms with Gasteiger partial charge in [0.25, 0.3) is 11.8 Å². The quantitative estimate of drug-likeness (QED) is 0.640. The molecular weight excluding hydrogens is 196 g/mol. The Bertz CT molecular complexity index is 498. The first kappa shape index (κ1) is 8.10. The van der Waals surface area contributed by atoms with Gasteiger partial charge in [-0.15, -0.1) is 0 Å². The van der Waals surface area contributed by atoms with Gasteiger partial charge < -0.3 is 5.32 Å². The average Bonchev–Trinajstić information content (AvgIpc) is 2.69. The minimum absolute atomic E-state index is 0.0240. The van der Waals surface area contributed by atoms with Crippen molar-refractivity contribution in [3.05, 3.63) is 24.3 Å². The number of carbonyl (C=O) groups excluding carboxylic acids is 2. The van der Waals surface area contributed by atoms with Crippen LogP contribution in [0.15, 0.2) is 18.6 Å². The Labute approximate surface area is 84.3 Å². The molecule has 0 aliphatic carbocycles. The van der Waals surface area contributed by atoms with Gasteiger partial charge in [0.05, 0.1) is 12.2 Å². The molecule has 3 heterocycles. The van der Waals surface area contributed by atoms with Crippen LogP contribution in [0.3, 0.4) is 0 Å². The second-order valence-electron chi connectivity index (χ2n) is 3.25. The molecule has 0 saturated carbocycles. The smallest absolute Gasteiger partial charge is 0.268 e. The largest absolute Gasteiger partial charge is 0.342 e. The van der Waals surface area contributed by atoms with Crippen LogP contribution in [0.4, 0.5) is 0 Å². The van der Waals surface area contributed by atoms with E-state index in [1.54, 1.807) is 12.3 Å². The van der Waals surface area contributed by atoms with E-state index in [-0.39, 0.29) is 18.4 Å². The van der Waals surface area contributed by atoms with Gasteiger partial charge in [-0.3, -0.25) is 14.2 Å². The molecule has 3 rings (SSSR count). The molecule has 0 spiro atoms. The van der Waals surface area contributed by atoms with Crippen molar-refractivity contribution in [3.63, 3.8) is 0 Å². The third-order valence-corrected chi connectivity index (χ3v) is 2.34. The van der Waals surface area contributed by atoms with Gasteiger partial charge in [-0.2, -0.15) is 0 Å². The number of carbonyl (C=O) groups is 2. The molecule has 74 valence electrons. The Morgan fingerprint density at radius 2 is 2.07 bits per heavy atom. The summed E-state index contributed by atoms with van der Waals surface area (Å²) in [4.78, 5) is 30.9. The van der Waals surface area contributed by atoms with Crippen LogP contribution in [-0.4, -0.2) is 32.9 Å². The van der Waals surface area contributed by atoms with E-state index in [4.69, 9.17) is 0 Å². The molecule has 6 heteroatoms. The van der Waals surface area contributed by atoms with Crippen molar-refractivity contribution in [2.45, 2.75) is 0 Å². The molecule has 1 amide bonds. The Morgan fingerprint density at radius 1 is 1.27 bits per heavy atom. The van der Waals surface area contributed by atoms with Crippen molar-refractivity contribution >= 4 is 11.8 Å². The van der Waals surface area contributed by atoms with E-state index in [0.29, 0.717) is 17.1 Å². The molecule has 6 nitrogen and oxygen atoms in total. The molecular formula is C9H6N4O2. The number of fused-ring (bicyclic) bond motifs is 2. The molecule has 0 aromatic heterocycles. The van der Waals surface area contributed by atoms with Crippen LogP contribution < -0.4 is 5.32 Å². The molecule has 0 atom stereocenters. The highest BCUT2D eigenvalue weighted by Crippen LogP contribution is 2.19. The summed E-state index contributed by atoms with van der Waals surface area (Å²) >= 11 is 0. The van der Waals surface area contributed by atoms with Gasteiger partial charge in [-0.05, 0) is 6.07 Å². The molecule has 0 aromatic carbocycles. The minimum Gasteiger partial charge on any atom is -0.342 e. The van der Waals surface area contributed by atoms with Crippen molar-refractivity contribution in [1.82, 2.24) is 19.9 Å². The Hall–Kier alpha value is -2.24. The molecule has 0 bridgehead atoms. The lowest BCUT2D eigenvalue weighted by molar-refractivity contribution is 0.0807. The predicted octanol–water partition coefficient (Wildman–Crippen LogP) is -0.234. The van der Waals surface area contributed by atoms with Gasteiger partial charge >= 0.3 is 0 Å². The van der Waals surface area contributed by atoms with Crippen LogP contribution in [0.5, 0.6) is 0 Å². The number of hydrogen-bond acceptors (Lipinski definition) is 4. The lowest BCUT2D eigenvalue weighted by Crippen LogP contribution is -2.41. The number of nitrogens with one attached hydrogen (secondary N) is 1. The lowest BCUT2D eigenvalue weighted by Gasteiger charge is -2.18. The fraction of sp³-hybridized carbons (Fsp3) is 0.111. The van der Waals surface area contributed by atoms with Crippen molar-refractivity contribution in [2.75, 3.05) is 6.54 Å². The number of rotatable bonds is 0. The van der Waals surface area contributed by atoms with Crippen LogP contribution in [0.1, 0.15) is 15.3 Å². The maximum atomic E-state index is 11.5. The SMILES string of the molecule is O=C1NCC(=O)n2cc3ncnc-3cc21. The summed E-state index contributed by atoms with van der Waals surface area (Å²) in [6.07, 6.45) is 2.94. The van der Waals surface area contributed by atoms with Crippen LogP contribution in [0, 0.1) is 0 Å². The first-order valence-corrected chi connectivity index (χ1v) is 4.40. The van der Waals surface area contributed by atoms with E-state index in [2.05, 4.69) is 15.3 Å². The molecule has 0 aromatic rings. The second kappa shape index (κ2) is 2.63. The van der Waals surface area contributed by atoms with Crippen molar-refractivity contribution in [3.8, 4) is 11.4 Å². The number of hydrogen-bond donors (Lipinski definition) is 1. The third-order valence-electron chi connectivity index (χ3n) is 2.34. The summed E-state index contributed by atoms with van der Waals surface area (Å²) in [7, 11) is 0. The van der Waals surface area contributed by atoms with Crippen LogP contribution >= 0.6 is 0 Å². The Kier molecular flexibility index (Phi) is 1.42. The van der Waals surface area contributed by atoms with Crippen LogP contribution in [-0.2, 0) is 0 Å². The fourth-order valence-corrected chi connectivity index (χ4v) is 1.60. The minimum atomic E-state index is -0.264. The number of aromatic nitrogens is 3. The van der Waals surface area contributed by atoms with Gasteiger partial charge in [-0.25, -0.2) is 9.97 Å². The summed E-state index contributed by atoms with van der Waals surface area (Å²) < 4.78 is 1.32. The van der Waals surface area contributed by atoms with Crippen LogP contribution in [0.25, 0.3) is 11.4 Å². The van der Waals surface area contributed by atoms with E-state index >= 15 is 0 Å². The van der Waals surface area contributed by atoms with Crippen molar-refractivity contribution < 1.29 is 9.59 Å². The molecule has 0 fully saturated rings. The summed E-state index contributed by atoms with van der Waals surface area (Å²) in [6.45, 7) is 0.0240. The highest BCUT2D eigenvalue weighted by atomic mass is 16.2. The topological polar surface area (TPSA) is 76.9 Å². The molecule has 15 heavy (non-hydrogen) atoms. The second-order valence-corrected chi connectivity index (χ2v) is 3.25. The van der Waals surface area contributed by atoms with Gasteiger partial charge in [0.1, 0.15) is 17.7 Å². The van der Waals surface area contributed by atoms with E-state index in [0.717, 1.165) is 0 Å². The summed E-state index contributed by atoms with van der Waals surface area (Å²) in [5.41, 5.74) is 1.53. The number of nitrogens with zero attached hydrogens (tertiary/aromatic N) is 3. The van der Waals surface area contributed by atoms with Gasteiger partial charge in [0, 0.05) is 6.20 Å². The van der Waals surface area contributed by atoms with Gasteiger partial charge in [0.2, 0.25) is 0 Å². The third kappa shape index (κ3) is 1.04. The standard InChI is InChI=1S/C9H6N4O2/c14-8-2-10-9(15)7-1-5-6(3-13(7)8)12-4-11-5/h1,3-4H,2H2,(H,10,15). The average molecular weight is 202 g/mol. The van der Waals surface area contributed by atoms with Crippen molar-refractivity contribution in [2.24, 2.45) is 0 Å². The zero-order valence-corrected chi connectivity index (χ0v) is 7.60. The summed E-state index contributed by atoms with van der Waals surface area (Å²) in [5, 5.41) is 2.49. The molecule has 3 aliphatic heterocycles. The molecule has 3 aliphatic rings. The zero-order chi connectivity index (χ0) is 10.4. The molecule has 0 saturated heterocycles. The first-order chi connectivity index (χ1) is 7.25. The number of amides is 1. The number of imidazole rings is 1. The first-order valence-electron chi connectivity index (χ1n) is 4.40. The number of pyridine rings is 1. The Morgan fingerprint density at radius 3 is 2.93 bits per heavy atom. The Balaban J connectivity index is 2.35. The molecule has 1 N–H and O–H groups in total.